The Bertz CT molecular complexity index is 1280. The van der Waals surface area contributed by atoms with Crippen LogP contribution in [0.3, 0.4) is 0 Å². The summed E-state index contributed by atoms with van der Waals surface area (Å²) >= 11 is 0. The number of imide groups is 1. The summed E-state index contributed by atoms with van der Waals surface area (Å²) in [5.41, 5.74) is 5.90. The predicted octanol–water partition coefficient (Wildman–Crippen LogP) is 3.77. The number of piperidine rings is 1. The van der Waals surface area contributed by atoms with Crippen LogP contribution >= 0.6 is 0 Å². The van der Waals surface area contributed by atoms with Crippen LogP contribution in [-0.4, -0.2) is 45.8 Å². The number of nitrogens with zero attached hydrogens (tertiary/aromatic N) is 3. The van der Waals surface area contributed by atoms with Crippen molar-refractivity contribution in [3.8, 4) is 0 Å². The monoisotopic (exact) mass is 532 g/mol. The van der Waals surface area contributed by atoms with E-state index in [1.807, 2.05) is 0 Å². The molecule has 2 aliphatic heterocycles. The van der Waals surface area contributed by atoms with Gasteiger partial charge < -0.3 is 10.6 Å². The summed E-state index contributed by atoms with van der Waals surface area (Å²) < 4.78 is 2.18. The highest BCUT2D eigenvalue weighted by molar-refractivity contribution is 6.04. The van der Waals surface area contributed by atoms with Gasteiger partial charge in [0, 0.05) is 53.5 Å². The highest BCUT2D eigenvalue weighted by Gasteiger charge is 2.36. The van der Waals surface area contributed by atoms with Gasteiger partial charge in [-0.3, -0.25) is 29.4 Å². The van der Waals surface area contributed by atoms with Crippen molar-refractivity contribution in [1.82, 2.24) is 25.7 Å². The Morgan fingerprint density at radius 2 is 2.00 bits per heavy atom. The topological polar surface area (TPSA) is 117 Å². The molecule has 3 amide bonds. The van der Waals surface area contributed by atoms with Gasteiger partial charge in [-0.25, -0.2) is 0 Å². The van der Waals surface area contributed by atoms with Gasteiger partial charge in [-0.1, -0.05) is 27.4 Å². The molecular weight excluding hydrogens is 492 g/mol. The van der Waals surface area contributed by atoms with E-state index in [1.165, 1.54) is 29.8 Å². The SMILES string of the molecule is C=C(/C=C(/NC[C@H]1C[C@H](n2cc(C3=CC(C)C(C)=N3)c(C3CC3)n2)C1)C(C)C)C(=O)NC1CCC(=O)NC1=O. The van der Waals surface area contributed by atoms with Crippen molar-refractivity contribution in [3.63, 3.8) is 0 Å². The molecule has 9 nitrogen and oxygen atoms in total. The highest BCUT2D eigenvalue weighted by Crippen LogP contribution is 2.45. The standard InChI is InChI=1S/C30H40N6O3/c1-16(2)25(11-18(4)29(38)33-24-8-9-27(37)34-30(24)39)31-14-20-12-22(13-20)36-15-23(28(35-36)21-6-7-21)26-10-17(3)19(5)32-26/h10-11,15-17,20-22,24,31H,4,6-9,12-14H2,1-3,5H3,(H,33,38)(H,34,37,39)/b25-11+/t17?,20-,22-,24?. The Hall–Kier alpha value is -3.49. The van der Waals surface area contributed by atoms with Gasteiger partial charge in [0.1, 0.15) is 6.04 Å². The van der Waals surface area contributed by atoms with Gasteiger partial charge in [0.05, 0.1) is 17.4 Å². The van der Waals surface area contributed by atoms with Crippen molar-refractivity contribution < 1.29 is 14.4 Å². The largest absolute Gasteiger partial charge is 0.388 e. The molecule has 3 fully saturated rings. The van der Waals surface area contributed by atoms with Gasteiger partial charge in [-0.2, -0.15) is 5.10 Å². The van der Waals surface area contributed by atoms with Gasteiger partial charge in [-0.05, 0) is 63.0 Å². The summed E-state index contributed by atoms with van der Waals surface area (Å²) in [5, 5.41) is 13.5. The highest BCUT2D eigenvalue weighted by atomic mass is 16.2. The Kier molecular flexibility index (Phi) is 7.60. The van der Waals surface area contributed by atoms with Crippen LogP contribution in [0.15, 0.2) is 41.2 Å². The summed E-state index contributed by atoms with van der Waals surface area (Å²) in [6.07, 6.45) is 11.3. The minimum atomic E-state index is -0.713. The van der Waals surface area contributed by atoms with E-state index in [4.69, 9.17) is 10.1 Å². The maximum absolute atomic E-state index is 12.6. The van der Waals surface area contributed by atoms with Gasteiger partial charge >= 0.3 is 0 Å². The smallest absolute Gasteiger partial charge is 0.251 e. The molecule has 0 radical (unpaired) electrons. The van der Waals surface area contributed by atoms with E-state index in [-0.39, 0.29) is 23.8 Å². The van der Waals surface area contributed by atoms with Crippen molar-refractivity contribution in [2.75, 3.05) is 6.54 Å². The fraction of sp³-hybridized carbons (Fsp3) is 0.567. The molecule has 2 unspecified atom stereocenters. The first-order chi connectivity index (χ1) is 18.6. The second-order valence-electron chi connectivity index (χ2n) is 11.9. The van der Waals surface area contributed by atoms with Crippen molar-refractivity contribution >= 4 is 29.1 Å². The molecule has 2 aliphatic carbocycles. The number of amides is 3. The molecule has 2 atom stereocenters. The second-order valence-corrected chi connectivity index (χ2v) is 11.9. The number of aliphatic imine (C=N–C) groups is 1. The lowest BCUT2D eigenvalue weighted by Crippen LogP contribution is -2.52. The normalized spacial score (nSPS) is 27.1. The molecule has 1 aromatic rings. The van der Waals surface area contributed by atoms with Crippen molar-refractivity contribution in [2.24, 2.45) is 22.7 Å². The quantitative estimate of drug-likeness (QED) is 0.241. The summed E-state index contributed by atoms with van der Waals surface area (Å²) in [6, 6.07) is -0.316. The Morgan fingerprint density at radius 3 is 2.62 bits per heavy atom. The lowest BCUT2D eigenvalue weighted by Gasteiger charge is -2.36. The molecule has 0 aromatic carbocycles. The molecular formula is C30H40N6O3. The Balaban J connectivity index is 1.15. The number of nitrogens with one attached hydrogen (secondary N) is 3. The lowest BCUT2D eigenvalue weighted by molar-refractivity contribution is -0.136. The lowest BCUT2D eigenvalue weighted by atomic mass is 9.80. The second kappa shape index (κ2) is 10.9. The van der Waals surface area contributed by atoms with E-state index >= 15 is 0 Å². The van der Waals surface area contributed by atoms with Crippen LogP contribution < -0.4 is 16.0 Å². The summed E-state index contributed by atoms with van der Waals surface area (Å²) in [7, 11) is 0. The molecule has 0 bridgehead atoms. The zero-order chi connectivity index (χ0) is 27.8. The van der Waals surface area contributed by atoms with E-state index < -0.39 is 17.9 Å². The molecule has 4 aliphatic rings. The third-order valence-electron chi connectivity index (χ3n) is 8.33. The van der Waals surface area contributed by atoms with Gasteiger partial charge in [0.15, 0.2) is 0 Å². The molecule has 2 saturated carbocycles. The molecule has 9 heteroatoms. The molecule has 5 rings (SSSR count). The summed E-state index contributed by atoms with van der Waals surface area (Å²) in [6.45, 7) is 13.2. The minimum Gasteiger partial charge on any atom is -0.388 e. The van der Waals surface area contributed by atoms with E-state index in [9.17, 15) is 14.4 Å². The van der Waals surface area contributed by atoms with Gasteiger partial charge in [-0.15, -0.1) is 0 Å². The maximum atomic E-state index is 12.6. The molecule has 1 aromatic heterocycles. The van der Waals surface area contributed by atoms with Crippen molar-refractivity contribution in [2.45, 2.75) is 84.2 Å². The Labute approximate surface area is 230 Å². The van der Waals surface area contributed by atoms with Crippen LogP contribution in [0.5, 0.6) is 0 Å². The van der Waals surface area contributed by atoms with Crippen LogP contribution in [0, 0.1) is 17.8 Å². The van der Waals surface area contributed by atoms with E-state index in [0.717, 1.165) is 30.8 Å². The average Bonchev–Trinajstić information content (AvgIpc) is 3.52. The zero-order valence-electron chi connectivity index (χ0n) is 23.4. The van der Waals surface area contributed by atoms with E-state index in [0.29, 0.717) is 30.2 Å². The molecule has 3 N–H and O–H groups in total. The first kappa shape index (κ1) is 27.1. The predicted molar refractivity (Wildman–Crippen MR) is 151 cm³/mol. The van der Waals surface area contributed by atoms with Crippen molar-refractivity contribution in [3.05, 3.63) is 47.5 Å². The first-order valence-corrected chi connectivity index (χ1v) is 14.2. The maximum Gasteiger partial charge on any atom is 0.251 e. The summed E-state index contributed by atoms with van der Waals surface area (Å²) in [4.78, 5) is 40.8. The molecule has 3 heterocycles. The van der Waals surface area contributed by atoms with E-state index in [2.05, 4.69) is 67.2 Å². The minimum absolute atomic E-state index is 0.182. The number of hydrogen-bond donors (Lipinski definition) is 3. The third kappa shape index (κ3) is 6.07. The fourth-order valence-electron chi connectivity index (χ4n) is 5.39. The summed E-state index contributed by atoms with van der Waals surface area (Å²) in [5.74, 6) is 0.481. The van der Waals surface area contributed by atoms with Gasteiger partial charge in [0.2, 0.25) is 11.8 Å². The molecule has 39 heavy (non-hydrogen) atoms. The van der Waals surface area contributed by atoms with Crippen LogP contribution in [-0.2, 0) is 14.4 Å². The number of carbonyl (C=O) groups is 3. The molecule has 208 valence electrons. The van der Waals surface area contributed by atoms with Crippen LogP contribution in [0.25, 0.3) is 5.70 Å². The van der Waals surface area contributed by atoms with E-state index in [1.54, 1.807) is 6.08 Å². The van der Waals surface area contributed by atoms with Crippen LogP contribution in [0.2, 0.25) is 0 Å². The molecule has 1 saturated heterocycles. The van der Waals surface area contributed by atoms with Crippen LogP contribution in [0.4, 0.5) is 0 Å². The molecule has 0 spiro atoms. The Morgan fingerprint density at radius 1 is 1.26 bits per heavy atom. The number of allylic oxidation sites excluding steroid dienone is 2. The van der Waals surface area contributed by atoms with Gasteiger partial charge in [0.25, 0.3) is 5.91 Å². The number of rotatable bonds is 10. The number of aromatic nitrogens is 2. The number of hydrogen-bond acceptors (Lipinski definition) is 6. The first-order valence-electron chi connectivity index (χ1n) is 14.2. The number of carbonyl (C=O) groups excluding carboxylic acids is 3. The average molecular weight is 533 g/mol. The van der Waals surface area contributed by atoms with Crippen molar-refractivity contribution in [1.29, 1.82) is 0 Å². The zero-order valence-corrected chi connectivity index (χ0v) is 23.4. The fourth-order valence-corrected chi connectivity index (χ4v) is 5.39. The third-order valence-corrected chi connectivity index (χ3v) is 8.33. The van der Waals surface area contributed by atoms with Crippen LogP contribution in [0.1, 0.15) is 89.4 Å².